The van der Waals surface area contributed by atoms with Crippen LogP contribution in [0.15, 0.2) is 0 Å². The fraction of sp³-hybridized carbons (Fsp3) is 1.00. The van der Waals surface area contributed by atoms with E-state index < -0.39 is 12.8 Å². The van der Waals surface area contributed by atoms with Crippen LogP contribution >= 0.6 is 0 Å². The van der Waals surface area contributed by atoms with Gasteiger partial charge in [0, 0.05) is 7.11 Å². The minimum Gasteiger partial charge on any atom is -0.382 e. The first-order valence-electron chi connectivity index (χ1n) is 18.5. The molecule has 282 valence electrons. The van der Waals surface area contributed by atoms with Crippen molar-refractivity contribution in [2.75, 3.05) is 20.3 Å². The van der Waals surface area contributed by atoms with Gasteiger partial charge in [-0.25, -0.2) is 0 Å². The van der Waals surface area contributed by atoms with Crippen LogP contribution in [0, 0.1) is 23.7 Å². The van der Waals surface area contributed by atoms with Gasteiger partial charge >= 0.3 is 6.18 Å². The van der Waals surface area contributed by atoms with Crippen molar-refractivity contribution in [3.63, 3.8) is 0 Å². The van der Waals surface area contributed by atoms with Crippen LogP contribution in [0.3, 0.4) is 0 Å². The maximum absolute atomic E-state index is 11.3. The van der Waals surface area contributed by atoms with E-state index in [0.29, 0.717) is 12.7 Å². The van der Waals surface area contributed by atoms with Crippen LogP contribution in [-0.4, -0.2) is 56.0 Å². The molecule has 0 bridgehead atoms. The van der Waals surface area contributed by atoms with Crippen LogP contribution in [0.1, 0.15) is 174 Å². The Bertz CT molecular complexity index is 624. The zero-order valence-corrected chi connectivity index (χ0v) is 33.5. The Balaban J connectivity index is -0.000000503. The number of hydrogen-bond donors (Lipinski definition) is 0. The summed E-state index contributed by atoms with van der Waals surface area (Å²) in [4.78, 5) is 0. The molecule has 4 nitrogen and oxygen atoms in total. The summed E-state index contributed by atoms with van der Waals surface area (Å²) in [6, 6.07) is 0. The quantitative estimate of drug-likeness (QED) is 0.219. The summed E-state index contributed by atoms with van der Waals surface area (Å²) in [5.41, 5.74) is -0.0862. The third kappa shape index (κ3) is 36.5. The van der Waals surface area contributed by atoms with Crippen molar-refractivity contribution in [3.05, 3.63) is 0 Å². The van der Waals surface area contributed by atoms with Crippen molar-refractivity contribution in [1.29, 1.82) is 0 Å². The highest BCUT2D eigenvalue weighted by Gasteiger charge is 2.27. The van der Waals surface area contributed by atoms with E-state index in [-0.39, 0.29) is 23.4 Å². The molecule has 2 aliphatic carbocycles. The fourth-order valence-corrected chi connectivity index (χ4v) is 5.60. The fourth-order valence-electron chi connectivity index (χ4n) is 5.60. The third-order valence-electron chi connectivity index (χ3n) is 8.22. The maximum atomic E-state index is 11.3. The maximum Gasteiger partial charge on any atom is 0.411 e. The van der Waals surface area contributed by atoms with Gasteiger partial charge in [-0.3, -0.25) is 0 Å². The zero-order valence-electron chi connectivity index (χ0n) is 33.5. The molecule has 0 spiro atoms. The van der Waals surface area contributed by atoms with Crippen molar-refractivity contribution in [2.24, 2.45) is 23.7 Å². The summed E-state index contributed by atoms with van der Waals surface area (Å²) in [5.74, 6) is 3.98. The van der Waals surface area contributed by atoms with Crippen molar-refractivity contribution in [1.82, 2.24) is 0 Å². The van der Waals surface area contributed by atoms with E-state index in [4.69, 9.17) is 14.2 Å². The summed E-state index contributed by atoms with van der Waals surface area (Å²) in [7, 11) is 1.69. The second-order valence-electron chi connectivity index (χ2n) is 15.9. The predicted molar refractivity (Wildman–Crippen MR) is 193 cm³/mol. The number of methoxy groups -OCH3 is 1. The molecular formula is C39H81F3O4. The molecule has 0 aromatic heterocycles. The summed E-state index contributed by atoms with van der Waals surface area (Å²) < 4.78 is 54.3. The van der Waals surface area contributed by atoms with Crippen molar-refractivity contribution >= 4 is 0 Å². The van der Waals surface area contributed by atoms with Gasteiger partial charge in [0.2, 0.25) is 0 Å². The lowest BCUT2D eigenvalue weighted by atomic mass is 9.82. The average molecular weight is 671 g/mol. The van der Waals surface area contributed by atoms with E-state index >= 15 is 0 Å². The smallest absolute Gasteiger partial charge is 0.382 e. The molecule has 0 N–H and O–H groups in total. The van der Waals surface area contributed by atoms with E-state index in [0.717, 1.165) is 30.1 Å². The van der Waals surface area contributed by atoms with Gasteiger partial charge in [-0.1, -0.05) is 98.8 Å². The Morgan fingerprint density at radius 3 is 1.07 bits per heavy atom. The molecule has 0 amide bonds. The van der Waals surface area contributed by atoms with Crippen LogP contribution in [0.5, 0.6) is 0 Å². The van der Waals surface area contributed by atoms with Gasteiger partial charge in [-0.05, 0) is 99.3 Å². The highest BCUT2D eigenvalue weighted by Crippen LogP contribution is 2.30. The minimum atomic E-state index is -4.19. The second-order valence-corrected chi connectivity index (χ2v) is 15.9. The lowest BCUT2D eigenvalue weighted by Crippen LogP contribution is -2.32. The lowest BCUT2D eigenvalue weighted by molar-refractivity contribution is -0.181. The number of hydrogen-bond acceptors (Lipinski definition) is 4. The largest absolute Gasteiger partial charge is 0.411 e. The van der Waals surface area contributed by atoms with Crippen LogP contribution in [-0.2, 0) is 18.9 Å². The number of ether oxygens (including phenoxy) is 4. The Morgan fingerprint density at radius 2 is 0.891 bits per heavy atom. The molecule has 2 fully saturated rings. The Kier molecular flexibility index (Phi) is 29.8. The molecule has 0 aromatic rings. The number of rotatable bonds is 11. The molecule has 0 atom stereocenters. The molecule has 0 aromatic carbocycles. The van der Waals surface area contributed by atoms with Gasteiger partial charge in [-0.15, -0.1) is 0 Å². The molecule has 0 saturated heterocycles. The molecule has 2 aliphatic rings. The van der Waals surface area contributed by atoms with Gasteiger partial charge < -0.3 is 18.9 Å². The second kappa shape index (κ2) is 27.5. The third-order valence-corrected chi connectivity index (χ3v) is 8.22. The summed E-state index contributed by atoms with van der Waals surface area (Å²) >= 11 is 0. The normalized spacial score (nSPS) is 16.7. The van der Waals surface area contributed by atoms with E-state index in [9.17, 15) is 13.2 Å². The van der Waals surface area contributed by atoms with Crippen molar-refractivity contribution in [3.8, 4) is 0 Å². The van der Waals surface area contributed by atoms with Gasteiger partial charge in [0.1, 0.15) is 6.61 Å². The van der Waals surface area contributed by atoms with Crippen LogP contribution in [0.4, 0.5) is 13.2 Å². The van der Waals surface area contributed by atoms with Crippen LogP contribution in [0.25, 0.3) is 0 Å². The summed E-state index contributed by atoms with van der Waals surface area (Å²) in [6.45, 7) is 30.7. The van der Waals surface area contributed by atoms with E-state index in [2.05, 4.69) is 67.1 Å². The molecule has 2 rings (SSSR count). The minimum absolute atomic E-state index is 0.0637. The van der Waals surface area contributed by atoms with E-state index in [1.165, 1.54) is 64.2 Å². The molecule has 0 unspecified atom stereocenters. The molecule has 0 heterocycles. The zero-order chi connectivity index (χ0) is 36.6. The van der Waals surface area contributed by atoms with E-state index in [1.54, 1.807) is 21.0 Å². The van der Waals surface area contributed by atoms with Crippen LogP contribution < -0.4 is 0 Å². The highest BCUT2D eigenvalue weighted by atomic mass is 19.4. The molecule has 7 heteroatoms. The monoisotopic (exact) mass is 671 g/mol. The number of halogens is 3. The van der Waals surface area contributed by atoms with Gasteiger partial charge in [0.05, 0.1) is 36.1 Å². The lowest BCUT2D eigenvalue weighted by Gasteiger charge is -2.26. The van der Waals surface area contributed by atoms with E-state index in [1.807, 2.05) is 27.7 Å². The molecule has 2 saturated carbocycles. The van der Waals surface area contributed by atoms with Gasteiger partial charge in [0.25, 0.3) is 0 Å². The van der Waals surface area contributed by atoms with Gasteiger partial charge in [-0.2, -0.15) is 13.2 Å². The first kappa shape index (κ1) is 50.0. The molecule has 0 aliphatic heterocycles. The van der Waals surface area contributed by atoms with Gasteiger partial charge in [0.15, 0.2) is 0 Å². The first-order chi connectivity index (χ1) is 21.0. The Labute approximate surface area is 286 Å². The summed E-state index contributed by atoms with van der Waals surface area (Å²) in [6.07, 6.45) is 12.1. The van der Waals surface area contributed by atoms with Crippen molar-refractivity contribution < 1.29 is 32.1 Å². The van der Waals surface area contributed by atoms with Crippen LogP contribution in [0.2, 0.25) is 0 Å². The molecule has 0 radical (unpaired) electrons. The Hall–Kier alpha value is -0.370. The first-order valence-corrected chi connectivity index (χ1v) is 18.5. The topological polar surface area (TPSA) is 36.9 Å². The van der Waals surface area contributed by atoms with Crippen molar-refractivity contribution in [2.45, 2.75) is 210 Å². The predicted octanol–water partition coefficient (Wildman–Crippen LogP) is 12.9. The SMILES string of the molecule is CC(C)C1CCCCC1.CC(C)C1CCCCC1.CC(C)OCC(F)(F)F.CCC(C)(C)OC(C)C.COCC(C)(C)OC(C)C. The average Bonchev–Trinajstić information content (AvgIpc) is 2.92. The highest BCUT2D eigenvalue weighted by molar-refractivity contribution is 4.69. The standard InChI is InChI=1S/2C9H18.C8H18O2.C8H18O.C5H9F3O/c2*1-8(2)9-6-4-3-5-7-9;1-7(2)10-8(3,4)6-9-5;1-6-8(4,5)9-7(2)3;1-4(2)9-3-5(6,7)8/h2*8-9H,3-7H2,1-2H3;7H,6H2,1-5H3;7H,6H2,1-5H3;4H,3H2,1-2H3. The molecule has 46 heavy (non-hydrogen) atoms. The number of alkyl halides is 3. The Morgan fingerprint density at radius 1 is 0.543 bits per heavy atom. The summed E-state index contributed by atoms with van der Waals surface area (Å²) in [5, 5.41) is 0. The molecular weight excluding hydrogens is 589 g/mol.